The maximum atomic E-state index is 5.96. The van der Waals surface area contributed by atoms with Crippen LogP contribution in [0.3, 0.4) is 0 Å². The van der Waals surface area contributed by atoms with Crippen LogP contribution >= 0.6 is 47.8 Å². The van der Waals surface area contributed by atoms with E-state index in [-0.39, 0.29) is 5.41 Å². The molecule has 7 heteroatoms. The molecule has 0 bridgehead atoms. The highest BCUT2D eigenvalue weighted by atomic mass is 79.9. The highest BCUT2D eigenvalue weighted by Crippen LogP contribution is 2.36. The van der Waals surface area contributed by atoms with Gasteiger partial charge in [-0.25, -0.2) is 4.68 Å². The molecular weight excluding hydrogens is 440 g/mol. The van der Waals surface area contributed by atoms with Gasteiger partial charge in [0.25, 0.3) is 0 Å². The summed E-state index contributed by atoms with van der Waals surface area (Å²) < 4.78 is 4.56. The van der Waals surface area contributed by atoms with Crippen LogP contribution < -0.4 is 5.73 Å². The van der Waals surface area contributed by atoms with Crippen molar-refractivity contribution < 1.29 is 0 Å². The van der Waals surface area contributed by atoms with E-state index >= 15 is 0 Å². The molecule has 0 unspecified atom stereocenters. The second-order valence-corrected chi connectivity index (χ2v) is 7.83. The van der Waals surface area contributed by atoms with E-state index in [0.717, 1.165) is 24.8 Å². The molecule has 2 aromatic rings. The molecule has 0 atom stereocenters. The molecule has 0 radical (unpaired) electrons. The Labute approximate surface area is 137 Å². The lowest BCUT2D eigenvalue weighted by atomic mass is 9.91. The Kier molecular flexibility index (Phi) is 4.09. The third-order valence-electron chi connectivity index (χ3n) is 2.60. The minimum atomic E-state index is -0.153. The normalized spacial score (nSPS) is 11.9. The van der Waals surface area contributed by atoms with Gasteiger partial charge < -0.3 is 5.73 Å². The molecule has 0 fully saturated rings. The quantitative estimate of drug-likeness (QED) is 0.696. The molecule has 0 aliphatic rings. The Morgan fingerprint density at radius 3 is 2.11 bits per heavy atom. The highest BCUT2D eigenvalue weighted by Gasteiger charge is 2.26. The molecule has 19 heavy (non-hydrogen) atoms. The molecule has 2 rings (SSSR count). The molecule has 0 saturated carbocycles. The van der Waals surface area contributed by atoms with Crippen LogP contribution in [0.1, 0.15) is 26.5 Å². The molecule has 1 heterocycles. The number of hydrogen-bond acceptors (Lipinski definition) is 3. The fraction of sp³-hybridized carbons (Fsp3) is 0.333. The average Bonchev–Trinajstić information content (AvgIpc) is 2.57. The van der Waals surface area contributed by atoms with E-state index in [2.05, 4.69) is 78.9 Å². The summed E-state index contributed by atoms with van der Waals surface area (Å²) in [6.45, 7) is 6.25. The van der Waals surface area contributed by atoms with Gasteiger partial charge in [-0.2, -0.15) is 0 Å². The van der Waals surface area contributed by atoms with Crippen molar-refractivity contribution in [3.05, 3.63) is 31.2 Å². The molecule has 2 N–H and O–H groups in total. The third kappa shape index (κ3) is 2.87. The molecule has 0 spiro atoms. The van der Waals surface area contributed by atoms with Crippen LogP contribution in [0.4, 0.5) is 5.82 Å². The number of nitrogens with two attached hydrogens (primary N) is 1. The van der Waals surface area contributed by atoms with Crippen LogP contribution in [-0.4, -0.2) is 15.0 Å². The Morgan fingerprint density at radius 1 is 1.11 bits per heavy atom. The van der Waals surface area contributed by atoms with Gasteiger partial charge in [0, 0.05) is 18.8 Å². The molecule has 0 aliphatic heterocycles. The first-order valence-electron chi connectivity index (χ1n) is 5.58. The Bertz CT molecular complexity index is 605. The summed E-state index contributed by atoms with van der Waals surface area (Å²) in [5.74, 6) is 0.453. The Hall–Kier alpha value is -0.400. The SMILES string of the molecule is CC(C)(C)c1c(N)nnn1-c1c(Br)cc(Br)cc1Br. The molecule has 0 amide bonds. The van der Waals surface area contributed by atoms with Gasteiger partial charge in [0.1, 0.15) is 0 Å². The lowest BCUT2D eigenvalue weighted by Gasteiger charge is -2.21. The first-order valence-corrected chi connectivity index (χ1v) is 7.96. The molecular formula is C12H13Br3N4. The molecule has 1 aromatic carbocycles. The van der Waals surface area contributed by atoms with E-state index in [0.29, 0.717) is 5.82 Å². The third-order valence-corrected chi connectivity index (χ3v) is 4.27. The number of hydrogen-bond donors (Lipinski definition) is 1. The van der Waals surface area contributed by atoms with Crippen LogP contribution in [0.15, 0.2) is 25.6 Å². The molecule has 0 aliphatic carbocycles. The van der Waals surface area contributed by atoms with Gasteiger partial charge in [0.2, 0.25) is 0 Å². The summed E-state index contributed by atoms with van der Waals surface area (Å²) in [5, 5.41) is 8.17. The van der Waals surface area contributed by atoms with Gasteiger partial charge in [-0.3, -0.25) is 0 Å². The zero-order valence-electron chi connectivity index (χ0n) is 10.7. The number of halogens is 3. The van der Waals surface area contributed by atoms with Crippen molar-refractivity contribution in [3.63, 3.8) is 0 Å². The Morgan fingerprint density at radius 2 is 1.63 bits per heavy atom. The van der Waals surface area contributed by atoms with Crippen molar-refractivity contribution in [2.24, 2.45) is 0 Å². The number of rotatable bonds is 1. The van der Waals surface area contributed by atoms with Crippen molar-refractivity contribution >= 4 is 53.6 Å². The van der Waals surface area contributed by atoms with Gasteiger partial charge in [0.15, 0.2) is 5.82 Å². The van der Waals surface area contributed by atoms with Crippen molar-refractivity contribution in [2.75, 3.05) is 5.73 Å². The van der Waals surface area contributed by atoms with Gasteiger partial charge in [0.05, 0.1) is 11.4 Å². The fourth-order valence-electron chi connectivity index (χ4n) is 1.89. The van der Waals surface area contributed by atoms with E-state index in [9.17, 15) is 0 Å². The van der Waals surface area contributed by atoms with Gasteiger partial charge in [-0.05, 0) is 44.0 Å². The van der Waals surface area contributed by atoms with Gasteiger partial charge in [-0.1, -0.05) is 41.9 Å². The topological polar surface area (TPSA) is 56.7 Å². The number of aromatic nitrogens is 3. The zero-order valence-corrected chi connectivity index (χ0v) is 15.5. The van der Waals surface area contributed by atoms with E-state index in [4.69, 9.17) is 5.73 Å². The second-order valence-electron chi connectivity index (χ2n) is 5.20. The van der Waals surface area contributed by atoms with Crippen LogP contribution in [-0.2, 0) is 5.41 Å². The molecule has 0 saturated heterocycles. The minimum Gasteiger partial charge on any atom is -0.381 e. The number of benzene rings is 1. The smallest absolute Gasteiger partial charge is 0.170 e. The predicted molar refractivity (Wildman–Crippen MR) is 87.6 cm³/mol. The summed E-state index contributed by atoms with van der Waals surface area (Å²) in [6, 6.07) is 3.93. The summed E-state index contributed by atoms with van der Waals surface area (Å²) in [5.41, 5.74) is 7.58. The van der Waals surface area contributed by atoms with E-state index in [1.165, 1.54) is 0 Å². The lowest BCUT2D eigenvalue weighted by molar-refractivity contribution is 0.543. The predicted octanol–water partition coefficient (Wildman–Crippen LogP) is 4.43. The summed E-state index contributed by atoms with van der Waals surface area (Å²) in [4.78, 5) is 0. The monoisotopic (exact) mass is 450 g/mol. The molecule has 4 nitrogen and oxygen atoms in total. The van der Waals surface area contributed by atoms with Crippen LogP contribution in [0.2, 0.25) is 0 Å². The number of anilines is 1. The first kappa shape index (κ1) is 15.0. The lowest BCUT2D eigenvalue weighted by Crippen LogP contribution is -2.19. The summed E-state index contributed by atoms with van der Waals surface area (Å²) >= 11 is 10.6. The van der Waals surface area contributed by atoms with Gasteiger partial charge in [-0.15, -0.1) is 5.10 Å². The maximum Gasteiger partial charge on any atom is 0.170 e. The van der Waals surface area contributed by atoms with E-state index in [1.807, 2.05) is 12.1 Å². The first-order chi connectivity index (χ1) is 8.71. The standard InChI is InChI=1S/C12H13Br3N4/c1-12(2,3)10-11(16)17-18-19(10)9-7(14)4-6(13)5-8(9)15/h4-5H,16H2,1-3H3. The van der Waals surface area contributed by atoms with Crippen molar-refractivity contribution in [3.8, 4) is 5.69 Å². The molecule has 102 valence electrons. The van der Waals surface area contributed by atoms with Crippen molar-refractivity contribution in [1.29, 1.82) is 0 Å². The average molecular weight is 453 g/mol. The summed E-state index contributed by atoms with van der Waals surface area (Å²) in [7, 11) is 0. The van der Waals surface area contributed by atoms with Crippen molar-refractivity contribution in [1.82, 2.24) is 15.0 Å². The van der Waals surface area contributed by atoms with Crippen LogP contribution in [0.25, 0.3) is 5.69 Å². The van der Waals surface area contributed by atoms with E-state index < -0.39 is 0 Å². The highest BCUT2D eigenvalue weighted by molar-refractivity contribution is 9.11. The molecule has 1 aromatic heterocycles. The van der Waals surface area contributed by atoms with Crippen LogP contribution in [0, 0.1) is 0 Å². The minimum absolute atomic E-state index is 0.153. The van der Waals surface area contributed by atoms with E-state index in [1.54, 1.807) is 4.68 Å². The maximum absolute atomic E-state index is 5.96. The van der Waals surface area contributed by atoms with Gasteiger partial charge >= 0.3 is 0 Å². The number of nitrogen functional groups attached to an aromatic ring is 1. The largest absolute Gasteiger partial charge is 0.381 e. The zero-order chi connectivity index (χ0) is 14.4. The second kappa shape index (κ2) is 5.18. The van der Waals surface area contributed by atoms with Crippen LogP contribution in [0.5, 0.6) is 0 Å². The van der Waals surface area contributed by atoms with Crippen molar-refractivity contribution in [2.45, 2.75) is 26.2 Å². The Balaban J connectivity index is 2.74. The summed E-state index contributed by atoms with van der Waals surface area (Å²) in [6.07, 6.45) is 0. The number of nitrogens with zero attached hydrogens (tertiary/aromatic N) is 3. The fourth-order valence-corrected chi connectivity index (χ4v) is 4.48.